The molecular weight excluding hydrogens is 219 g/mol. The molecule has 1 heterocycles. The first kappa shape index (κ1) is 7.58. The molecular formula is C6H6BrClS. The van der Waals surface area contributed by atoms with Crippen LogP contribution in [0.1, 0.15) is 10.4 Å². The van der Waals surface area contributed by atoms with Crippen LogP contribution in [0.2, 0.25) is 0 Å². The van der Waals surface area contributed by atoms with Gasteiger partial charge in [-0.2, -0.15) is 0 Å². The van der Waals surface area contributed by atoms with Crippen LogP contribution in [0.4, 0.5) is 0 Å². The van der Waals surface area contributed by atoms with Gasteiger partial charge in [0.05, 0.1) is 3.79 Å². The molecule has 0 aromatic carbocycles. The van der Waals surface area contributed by atoms with Crippen molar-refractivity contribution in [3.05, 3.63) is 20.3 Å². The number of alkyl halides is 1. The van der Waals surface area contributed by atoms with E-state index in [2.05, 4.69) is 28.9 Å². The van der Waals surface area contributed by atoms with Crippen LogP contribution < -0.4 is 0 Å². The van der Waals surface area contributed by atoms with Crippen molar-refractivity contribution in [2.75, 3.05) is 0 Å². The number of hydrogen-bond acceptors (Lipinski definition) is 1. The second kappa shape index (κ2) is 3.04. The Bertz CT molecular complexity index is 207. The first-order valence-electron chi connectivity index (χ1n) is 2.55. The fourth-order valence-corrected chi connectivity index (χ4v) is 2.73. The standard InChI is InChI=1S/C6H6BrClS/c1-4-5(3-8)2-6(7)9-4/h2H,3H2,1H3. The Hall–Kier alpha value is 0.470. The average molecular weight is 226 g/mol. The van der Waals surface area contributed by atoms with E-state index in [4.69, 9.17) is 11.6 Å². The third-order valence-corrected chi connectivity index (χ3v) is 3.02. The molecule has 9 heavy (non-hydrogen) atoms. The molecule has 0 amide bonds. The summed E-state index contributed by atoms with van der Waals surface area (Å²) in [7, 11) is 0. The monoisotopic (exact) mass is 224 g/mol. The lowest BCUT2D eigenvalue weighted by Crippen LogP contribution is -1.71. The second-order valence-electron chi connectivity index (χ2n) is 1.77. The number of aryl methyl sites for hydroxylation is 1. The molecule has 0 unspecified atom stereocenters. The Labute approximate surface area is 72.0 Å². The van der Waals surface area contributed by atoms with E-state index in [1.807, 2.05) is 0 Å². The maximum atomic E-state index is 5.63. The summed E-state index contributed by atoms with van der Waals surface area (Å²) in [5, 5.41) is 0. The number of hydrogen-bond donors (Lipinski definition) is 0. The van der Waals surface area contributed by atoms with Gasteiger partial charge < -0.3 is 0 Å². The zero-order valence-corrected chi connectivity index (χ0v) is 8.11. The minimum absolute atomic E-state index is 0.619. The van der Waals surface area contributed by atoms with Crippen molar-refractivity contribution in [2.24, 2.45) is 0 Å². The Morgan fingerprint density at radius 3 is 2.67 bits per heavy atom. The Morgan fingerprint density at radius 2 is 2.44 bits per heavy atom. The molecule has 1 rings (SSSR count). The number of rotatable bonds is 1. The van der Waals surface area contributed by atoms with E-state index in [0.717, 1.165) is 3.79 Å². The molecule has 1 aromatic heterocycles. The van der Waals surface area contributed by atoms with E-state index in [1.165, 1.54) is 10.4 Å². The molecule has 0 radical (unpaired) electrons. The summed E-state index contributed by atoms with van der Waals surface area (Å²) in [6, 6.07) is 2.06. The van der Waals surface area contributed by atoms with Crippen molar-refractivity contribution in [1.29, 1.82) is 0 Å². The molecule has 0 atom stereocenters. The first-order valence-corrected chi connectivity index (χ1v) is 4.69. The van der Waals surface area contributed by atoms with Crippen LogP contribution in [-0.2, 0) is 5.88 Å². The predicted octanol–water partition coefficient (Wildman–Crippen LogP) is 3.56. The summed E-state index contributed by atoms with van der Waals surface area (Å²) in [5.41, 5.74) is 1.23. The van der Waals surface area contributed by atoms with Gasteiger partial charge in [0.2, 0.25) is 0 Å². The molecule has 1 aromatic rings. The Balaban J connectivity index is 3.01. The SMILES string of the molecule is Cc1sc(Br)cc1CCl. The molecule has 3 heteroatoms. The summed E-state index contributed by atoms with van der Waals surface area (Å²) < 4.78 is 1.16. The van der Waals surface area contributed by atoms with Gasteiger partial charge in [-0.1, -0.05) is 0 Å². The molecule has 0 nitrogen and oxygen atoms in total. The maximum Gasteiger partial charge on any atom is 0.0704 e. The van der Waals surface area contributed by atoms with E-state index >= 15 is 0 Å². The van der Waals surface area contributed by atoms with Crippen LogP contribution in [0.15, 0.2) is 9.85 Å². The van der Waals surface area contributed by atoms with Crippen LogP contribution in [0, 0.1) is 6.92 Å². The van der Waals surface area contributed by atoms with Gasteiger partial charge in [0.25, 0.3) is 0 Å². The van der Waals surface area contributed by atoms with Gasteiger partial charge in [0, 0.05) is 10.8 Å². The fourth-order valence-electron chi connectivity index (χ4n) is 0.613. The van der Waals surface area contributed by atoms with Gasteiger partial charge in [-0.25, -0.2) is 0 Å². The molecule has 0 aliphatic heterocycles. The van der Waals surface area contributed by atoms with E-state index in [9.17, 15) is 0 Å². The third kappa shape index (κ3) is 1.69. The van der Waals surface area contributed by atoms with Crippen molar-refractivity contribution < 1.29 is 0 Å². The van der Waals surface area contributed by atoms with Crippen LogP contribution in [0.3, 0.4) is 0 Å². The average Bonchev–Trinajstić information content (AvgIpc) is 2.10. The highest BCUT2D eigenvalue weighted by Gasteiger charge is 1.99. The molecule has 0 aliphatic rings. The van der Waals surface area contributed by atoms with Gasteiger partial charge in [0.15, 0.2) is 0 Å². The van der Waals surface area contributed by atoms with Gasteiger partial charge in [-0.05, 0) is 34.5 Å². The lowest BCUT2D eigenvalue weighted by atomic mass is 10.3. The highest BCUT2D eigenvalue weighted by atomic mass is 79.9. The zero-order chi connectivity index (χ0) is 6.85. The largest absolute Gasteiger partial charge is 0.133 e. The minimum atomic E-state index is 0.619. The smallest absolute Gasteiger partial charge is 0.0704 e. The summed E-state index contributed by atoms with van der Waals surface area (Å²) >= 11 is 10.7. The Morgan fingerprint density at radius 1 is 1.78 bits per heavy atom. The molecule has 0 N–H and O–H groups in total. The molecule has 0 saturated carbocycles. The van der Waals surface area contributed by atoms with E-state index in [1.54, 1.807) is 11.3 Å². The number of halogens is 2. The molecule has 0 saturated heterocycles. The molecule has 0 bridgehead atoms. The molecule has 0 fully saturated rings. The molecule has 0 aliphatic carbocycles. The van der Waals surface area contributed by atoms with Gasteiger partial charge in [-0.3, -0.25) is 0 Å². The summed E-state index contributed by atoms with van der Waals surface area (Å²) in [6.07, 6.45) is 0. The van der Waals surface area contributed by atoms with Crippen molar-refractivity contribution in [1.82, 2.24) is 0 Å². The van der Waals surface area contributed by atoms with Crippen molar-refractivity contribution >= 4 is 38.9 Å². The van der Waals surface area contributed by atoms with Gasteiger partial charge in [-0.15, -0.1) is 22.9 Å². The van der Waals surface area contributed by atoms with Gasteiger partial charge >= 0.3 is 0 Å². The fraction of sp³-hybridized carbons (Fsp3) is 0.333. The van der Waals surface area contributed by atoms with E-state index in [0.29, 0.717) is 5.88 Å². The number of thiophene rings is 1. The Kier molecular flexibility index (Phi) is 2.56. The third-order valence-electron chi connectivity index (χ3n) is 1.13. The van der Waals surface area contributed by atoms with Crippen LogP contribution >= 0.6 is 38.9 Å². The van der Waals surface area contributed by atoms with E-state index in [-0.39, 0.29) is 0 Å². The van der Waals surface area contributed by atoms with E-state index < -0.39 is 0 Å². The second-order valence-corrected chi connectivity index (χ2v) is 4.67. The highest BCUT2D eigenvalue weighted by molar-refractivity contribution is 9.11. The quantitative estimate of drug-likeness (QED) is 0.641. The van der Waals surface area contributed by atoms with Crippen LogP contribution in [0.5, 0.6) is 0 Å². The lowest BCUT2D eigenvalue weighted by Gasteiger charge is -1.86. The van der Waals surface area contributed by atoms with Crippen molar-refractivity contribution in [2.45, 2.75) is 12.8 Å². The highest BCUT2D eigenvalue weighted by Crippen LogP contribution is 2.26. The first-order chi connectivity index (χ1) is 4.24. The summed E-state index contributed by atoms with van der Waals surface area (Å²) in [5.74, 6) is 0.619. The van der Waals surface area contributed by atoms with Crippen LogP contribution in [-0.4, -0.2) is 0 Å². The normalized spacial score (nSPS) is 10.1. The lowest BCUT2D eigenvalue weighted by molar-refractivity contribution is 1.38. The molecule has 0 spiro atoms. The summed E-state index contributed by atoms with van der Waals surface area (Å²) in [4.78, 5) is 1.30. The van der Waals surface area contributed by atoms with Crippen LogP contribution in [0.25, 0.3) is 0 Å². The summed E-state index contributed by atoms with van der Waals surface area (Å²) in [6.45, 7) is 2.08. The van der Waals surface area contributed by atoms with Crippen molar-refractivity contribution in [3.8, 4) is 0 Å². The maximum absolute atomic E-state index is 5.63. The van der Waals surface area contributed by atoms with Gasteiger partial charge in [0.1, 0.15) is 0 Å². The topological polar surface area (TPSA) is 0 Å². The molecule has 50 valence electrons. The van der Waals surface area contributed by atoms with Crippen molar-refractivity contribution in [3.63, 3.8) is 0 Å². The minimum Gasteiger partial charge on any atom is -0.133 e. The predicted molar refractivity (Wildman–Crippen MR) is 46.3 cm³/mol. The zero-order valence-electron chi connectivity index (χ0n) is 4.95.